The highest BCUT2D eigenvalue weighted by Gasteiger charge is 2.05. The highest BCUT2D eigenvalue weighted by Crippen LogP contribution is 1.93. The minimum absolute atomic E-state index is 0.139. The summed E-state index contributed by atoms with van der Waals surface area (Å²) in [6, 6.07) is 0. The van der Waals surface area contributed by atoms with Gasteiger partial charge in [-0.05, 0) is 6.54 Å². The van der Waals surface area contributed by atoms with Gasteiger partial charge in [0.2, 0.25) is 0 Å². The first-order chi connectivity index (χ1) is 7.35. The smallest absolute Gasteiger partial charge is 0.0594 e. The Bertz CT molecular complexity index is 115. The zero-order valence-electron chi connectivity index (χ0n) is 9.61. The molecule has 0 aromatic heterocycles. The number of aliphatic hydroxyl groups is 2. The third-order valence-electron chi connectivity index (χ3n) is 2.13. The standard InChI is InChI=1S/C6H13NO.C4H11NO2/c1-2-7-3-5-8-6-4-7;6-3-1-5-2-4-7/h2-6H2,1H3;5-7H,1-4H2. The second kappa shape index (κ2) is 11.9. The SMILES string of the molecule is CCN1CCOCC1.OCCNCCO. The fourth-order valence-electron chi connectivity index (χ4n) is 1.20. The van der Waals surface area contributed by atoms with Crippen molar-refractivity contribution in [1.29, 1.82) is 0 Å². The molecule has 0 saturated carbocycles. The minimum Gasteiger partial charge on any atom is -0.395 e. The highest BCUT2D eigenvalue weighted by molar-refractivity contribution is 4.57. The summed E-state index contributed by atoms with van der Waals surface area (Å²) in [6.07, 6.45) is 0. The average molecular weight is 220 g/mol. The highest BCUT2D eigenvalue weighted by atomic mass is 16.5. The lowest BCUT2D eigenvalue weighted by molar-refractivity contribution is 0.0405. The second-order valence-corrected chi connectivity index (χ2v) is 3.24. The van der Waals surface area contributed by atoms with Gasteiger partial charge in [0.05, 0.1) is 26.4 Å². The Labute approximate surface area is 92.0 Å². The van der Waals surface area contributed by atoms with Crippen LogP contribution in [-0.2, 0) is 4.74 Å². The lowest BCUT2D eigenvalue weighted by Gasteiger charge is -2.24. The molecular formula is C10H24N2O3. The minimum atomic E-state index is 0.139. The van der Waals surface area contributed by atoms with Crippen LogP contribution in [0.5, 0.6) is 0 Å². The lowest BCUT2D eigenvalue weighted by Crippen LogP contribution is -2.35. The fraction of sp³-hybridized carbons (Fsp3) is 1.00. The van der Waals surface area contributed by atoms with Gasteiger partial charge < -0.3 is 20.3 Å². The maximum absolute atomic E-state index is 8.15. The topological polar surface area (TPSA) is 65.0 Å². The number of nitrogens with one attached hydrogen (secondary N) is 1. The van der Waals surface area contributed by atoms with E-state index in [0.717, 1.165) is 26.3 Å². The molecule has 0 bridgehead atoms. The number of morpholine rings is 1. The quantitative estimate of drug-likeness (QED) is 0.513. The van der Waals surface area contributed by atoms with Crippen LogP contribution in [0.25, 0.3) is 0 Å². The third kappa shape index (κ3) is 10.1. The van der Waals surface area contributed by atoms with Crippen LogP contribution in [0, 0.1) is 0 Å². The van der Waals surface area contributed by atoms with E-state index in [1.807, 2.05) is 0 Å². The van der Waals surface area contributed by atoms with Gasteiger partial charge in [0, 0.05) is 26.2 Å². The molecule has 5 nitrogen and oxygen atoms in total. The molecule has 1 aliphatic heterocycles. The Kier molecular flexibility index (Phi) is 11.7. The number of rotatable bonds is 5. The van der Waals surface area contributed by atoms with Gasteiger partial charge in [0.15, 0.2) is 0 Å². The van der Waals surface area contributed by atoms with E-state index in [9.17, 15) is 0 Å². The van der Waals surface area contributed by atoms with Crippen molar-refractivity contribution >= 4 is 0 Å². The molecule has 0 atom stereocenters. The first-order valence-corrected chi connectivity index (χ1v) is 5.57. The van der Waals surface area contributed by atoms with Gasteiger partial charge in [-0.3, -0.25) is 4.90 Å². The van der Waals surface area contributed by atoms with Crippen LogP contribution in [0.4, 0.5) is 0 Å². The Morgan fingerprint density at radius 2 is 1.67 bits per heavy atom. The maximum Gasteiger partial charge on any atom is 0.0594 e. The molecule has 5 heteroatoms. The molecule has 15 heavy (non-hydrogen) atoms. The molecule has 92 valence electrons. The van der Waals surface area contributed by atoms with Gasteiger partial charge in [0.1, 0.15) is 0 Å². The largest absolute Gasteiger partial charge is 0.395 e. The number of likely N-dealkylation sites (N-methyl/N-ethyl adjacent to an activating group) is 1. The summed E-state index contributed by atoms with van der Waals surface area (Å²) in [5.74, 6) is 0. The van der Waals surface area contributed by atoms with Gasteiger partial charge in [-0.1, -0.05) is 6.92 Å². The molecule has 3 N–H and O–H groups in total. The van der Waals surface area contributed by atoms with Crippen molar-refractivity contribution < 1.29 is 14.9 Å². The van der Waals surface area contributed by atoms with Crippen LogP contribution >= 0.6 is 0 Å². The Morgan fingerprint density at radius 3 is 2.00 bits per heavy atom. The number of nitrogens with zero attached hydrogens (tertiary/aromatic N) is 1. The number of ether oxygens (including phenoxy) is 1. The summed E-state index contributed by atoms with van der Waals surface area (Å²) in [5.41, 5.74) is 0. The van der Waals surface area contributed by atoms with E-state index in [-0.39, 0.29) is 13.2 Å². The van der Waals surface area contributed by atoms with Gasteiger partial charge in [0.25, 0.3) is 0 Å². The summed E-state index contributed by atoms with van der Waals surface area (Å²) in [4.78, 5) is 2.39. The zero-order chi connectivity index (χ0) is 11.4. The first-order valence-electron chi connectivity index (χ1n) is 5.57. The number of aliphatic hydroxyl groups excluding tert-OH is 2. The van der Waals surface area contributed by atoms with Crippen LogP contribution in [0.3, 0.4) is 0 Å². The molecule has 1 aliphatic rings. The molecule has 0 unspecified atom stereocenters. The van der Waals surface area contributed by atoms with E-state index in [4.69, 9.17) is 14.9 Å². The molecule has 0 amide bonds. The van der Waals surface area contributed by atoms with Crippen molar-refractivity contribution in [3.63, 3.8) is 0 Å². The molecule has 1 fully saturated rings. The average Bonchev–Trinajstić information content (AvgIpc) is 2.32. The molecule has 1 heterocycles. The molecule has 1 rings (SSSR count). The summed E-state index contributed by atoms with van der Waals surface area (Å²) in [5, 5.41) is 19.1. The molecular weight excluding hydrogens is 196 g/mol. The lowest BCUT2D eigenvalue weighted by atomic mass is 10.4. The van der Waals surface area contributed by atoms with Crippen LogP contribution in [0.1, 0.15) is 6.92 Å². The van der Waals surface area contributed by atoms with E-state index in [1.165, 1.54) is 6.54 Å². The van der Waals surface area contributed by atoms with Gasteiger partial charge >= 0.3 is 0 Å². The van der Waals surface area contributed by atoms with Crippen molar-refractivity contribution in [2.75, 3.05) is 59.2 Å². The Morgan fingerprint density at radius 1 is 1.13 bits per heavy atom. The number of hydrogen-bond acceptors (Lipinski definition) is 5. The van der Waals surface area contributed by atoms with Crippen LogP contribution in [0.15, 0.2) is 0 Å². The summed E-state index contributed by atoms with van der Waals surface area (Å²) in [6.45, 7) is 8.87. The second-order valence-electron chi connectivity index (χ2n) is 3.24. The Hall–Kier alpha value is -0.200. The molecule has 0 aromatic carbocycles. The third-order valence-corrected chi connectivity index (χ3v) is 2.13. The van der Waals surface area contributed by atoms with Crippen molar-refractivity contribution in [2.45, 2.75) is 6.92 Å². The summed E-state index contributed by atoms with van der Waals surface area (Å²) < 4.78 is 5.16. The van der Waals surface area contributed by atoms with E-state index in [1.54, 1.807) is 0 Å². The molecule has 0 radical (unpaired) electrons. The van der Waals surface area contributed by atoms with Gasteiger partial charge in [-0.2, -0.15) is 0 Å². The van der Waals surface area contributed by atoms with Gasteiger partial charge in [-0.25, -0.2) is 0 Å². The zero-order valence-corrected chi connectivity index (χ0v) is 9.61. The van der Waals surface area contributed by atoms with Crippen molar-refractivity contribution in [1.82, 2.24) is 10.2 Å². The van der Waals surface area contributed by atoms with Gasteiger partial charge in [-0.15, -0.1) is 0 Å². The Balaban J connectivity index is 0.000000265. The van der Waals surface area contributed by atoms with Crippen LogP contribution in [0.2, 0.25) is 0 Å². The van der Waals surface area contributed by atoms with Crippen LogP contribution in [-0.4, -0.2) is 74.3 Å². The van der Waals surface area contributed by atoms with Crippen molar-refractivity contribution in [3.8, 4) is 0 Å². The van der Waals surface area contributed by atoms with E-state index in [0.29, 0.717) is 13.1 Å². The monoisotopic (exact) mass is 220 g/mol. The normalized spacial score (nSPS) is 17.0. The van der Waals surface area contributed by atoms with E-state index in [2.05, 4.69) is 17.1 Å². The molecule has 0 aliphatic carbocycles. The fourth-order valence-corrected chi connectivity index (χ4v) is 1.20. The molecule has 0 spiro atoms. The summed E-state index contributed by atoms with van der Waals surface area (Å²) in [7, 11) is 0. The number of hydrogen-bond donors (Lipinski definition) is 3. The van der Waals surface area contributed by atoms with Crippen LogP contribution < -0.4 is 5.32 Å². The predicted octanol–water partition coefficient (Wildman–Crippen LogP) is -1.10. The molecule has 0 aromatic rings. The maximum atomic E-state index is 8.15. The molecule has 1 saturated heterocycles. The van der Waals surface area contributed by atoms with Crippen molar-refractivity contribution in [3.05, 3.63) is 0 Å². The van der Waals surface area contributed by atoms with E-state index < -0.39 is 0 Å². The first kappa shape index (κ1) is 14.8. The summed E-state index contributed by atoms with van der Waals surface area (Å²) >= 11 is 0. The van der Waals surface area contributed by atoms with E-state index >= 15 is 0 Å². The van der Waals surface area contributed by atoms with Crippen molar-refractivity contribution in [2.24, 2.45) is 0 Å². The predicted molar refractivity (Wildman–Crippen MR) is 60.0 cm³/mol.